The summed E-state index contributed by atoms with van der Waals surface area (Å²) >= 11 is 5.21. The van der Waals surface area contributed by atoms with Gasteiger partial charge < -0.3 is 15.4 Å². The lowest BCUT2D eigenvalue weighted by Gasteiger charge is -2.12. The van der Waals surface area contributed by atoms with Crippen LogP contribution in [0.4, 0.5) is 5.69 Å². The average molecular weight is 252 g/mol. The molecule has 94 valence electrons. The number of benzene rings is 1. The van der Waals surface area contributed by atoms with Crippen LogP contribution in [0.5, 0.6) is 0 Å². The van der Waals surface area contributed by atoms with Crippen molar-refractivity contribution < 1.29 is 4.74 Å². The molecule has 0 radical (unpaired) electrons. The second-order valence-electron chi connectivity index (χ2n) is 3.75. The summed E-state index contributed by atoms with van der Waals surface area (Å²) in [6.07, 6.45) is 0.962. The van der Waals surface area contributed by atoms with E-state index in [0.717, 1.165) is 31.9 Å². The molecule has 0 aliphatic rings. The van der Waals surface area contributed by atoms with Crippen molar-refractivity contribution in [2.24, 2.45) is 0 Å². The zero-order chi connectivity index (χ0) is 12.5. The predicted molar refractivity (Wildman–Crippen MR) is 76.5 cm³/mol. The molecule has 0 heterocycles. The van der Waals surface area contributed by atoms with Gasteiger partial charge in [-0.05, 0) is 44.1 Å². The molecule has 0 aliphatic heterocycles. The molecule has 3 nitrogen and oxygen atoms in total. The summed E-state index contributed by atoms with van der Waals surface area (Å²) in [6, 6.07) is 8.08. The Balaban J connectivity index is 2.23. The molecule has 1 rings (SSSR count). The number of hydrogen-bond acceptors (Lipinski definition) is 2. The van der Waals surface area contributed by atoms with Crippen LogP contribution in [0.2, 0.25) is 0 Å². The number of aryl methyl sites for hydroxylation is 1. The van der Waals surface area contributed by atoms with E-state index in [1.54, 1.807) is 0 Å². The first-order valence-corrected chi connectivity index (χ1v) is 6.33. The highest BCUT2D eigenvalue weighted by atomic mass is 32.1. The molecule has 0 saturated carbocycles. The first-order chi connectivity index (χ1) is 8.24. The summed E-state index contributed by atoms with van der Waals surface area (Å²) < 4.78 is 5.25. The summed E-state index contributed by atoms with van der Waals surface area (Å²) in [7, 11) is 0. The molecule has 0 spiro atoms. The van der Waals surface area contributed by atoms with Crippen molar-refractivity contribution in [3.8, 4) is 0 Å². The highest BCUT2D eigenvalue weighted by Crippen LogP contribution is 2.12. The van der Waals surface area contributed by atoms with E-state index in [4.69, 9.17) is 17.0 Å². The van der Waals surface area contributed by atoms with E-state index in [9.17, 15) is 0 Å². The van der Waals surface area contributed by atoms with Crippen LogP contribution in [0.3, 0.4) is 0 Å². The Labute approximate surface area is 109 Å². The van der Waals surface area contributed by atoms with Gasteiger partial charge in [0, 0.05) is 25.4 Å². The van der Waals surface area contributed by atoms with E-state index in [2.05, 4.69) is 23.6 Å². The van der Waals surface area contributed by atoms with Gasteiger partial charge in [-0.15, -0.1) is 0 Å². The Morgan fingerprint density at radius 1 is 1.35 bits per heavy atom. The van der Waals surface area contributed by atoms with Gasteiger partial charge in [-0.25, -0.2) is 0 Å². The summed E-state index contributed by atoms with van der Waals surface area (Å²) in [6.45, 7) is 6.43. The van der Waals surface area contributed by atoms with Crippen LogP contribution in [-0.2, 0) is 4.74 Å². The van der Waals surface area contributed by atoms with Crippen LogP contribution < -0.4 is 10.6 Å². The Morgan fingerprint density at radius 2 is 2.12 bits per heavy atom. The first-order valence-electron chi connectivity index (χ1n) is 5.92. The van der Waals surface area contributed by atoms with Gasteiger partial charge in [0.05, 0.1) is 0 Å². The summed E-state index contributed by atoms with van der Waals surface area (Å²) in [5.41, 5.74) is 2.24. The normalized spacial score (nSPS) is 10.0. The molecule has 0 unspecified atom stereocenters. The quantitative estimate of drug-likeness (QED) is 0.602. The van der Waals surface area contributed by atoms with E-state index in [1.807, 2.05) is 25.1 Å². The third-order valence-corrected chi connectivity index (χ3v) is 2.59. The van der Waals surface area contributed by atoms with E-state index in [-0.39, 0.29) is 0 Å². The zero-order valence-electron chi connectivity index (χ0n) is 10.5. The molecule has 0 fully saturated rings. The average Bonchev–Trinajstić information content (AvgIpc) is 2.32. The van der Waals surface area contributed by atoms with Crippen molar-refractivity contribution in [3.05, 3.63) is 29.8 Å². The SMILES string of the molecule is CCOCCCNC(=S)Nc1ccccc1C. The van der Waals surface area contributed by atoms with Crippen LogP contribution in [-0.4, -0.2) is 24.9 Å². The fraction of sp³-hybridized carbons (Fsp3) is 0.462. The van der Waals surface area contributed by atoms with E-state index < -0.39 is 0 Å². The molecule has 1 aromatic carbocycles. The van der Waals surface area contributed by atoms with Crippen molar-refractivity contribution in [2.75, 3.05) is 25.1 Å². The summed E-state index contributed by atoms with van der Waals surface area (Å²) in [4.78, 5) is 0. The maximum atomic E-state index is 5.25. The number of rotatable bonds is 6. The lowest BCUT2D eigenvalue weighted by molar-refractivity contribution is 0.146. The Bertz CT molecular complexity index is 355. The van der Waals surface area contributed by atoms with Gasteiger partial charge in [0.1, 0.15) is 0 Å². The van der Waals surface area contributed by atoms with Gasteiger partial charge in [-0.3, -0.25) is 0 Å². The number of hydrogen-bond donors (Lipinski definition) is 2. The molecule has 4 heteroatoms. The number of thiocarbonyl (C=S) groups is 1. The van der Waals surface area contributed by atoms with Crippen LogP contribution >= 0.6 is 12.2 Å². The zero-order valence-corrected chi connectivity index (χ0v) is 11.3. The molecule has 0 bridgehead atoms. The second-order valence-corrected chi connectivity index (χ2v) is 4.15. The third-order valence-electron chi connectivity index (χ3n) is 2.35. The van der Waals surface area contributed by atoms with Crippen LogP contribution in [0.15, 0.2) is 24.3 Å². The lowest BCUT2D eigenvalue weighted by atomic mass is 10.2. The minimum atomic E-state index is 0.663. The fourth-order valence-electron chi connectivity index (χ4n) is 1.40. The maximum absolute atomic E-state index is 5.25. The lowest BCUT2D eigenvalue weighted by Crippen LogP contribution is -2.30. The molecule has 0 atom stereocenters. The highest BCUT2D eigenvalue weighted by Gasteiger charge is 1.99. The number of nitrogens with one attached hydrogen (secondary N) is 2. The van der Waals surface area contributed by atoms with Gasteiger partial charge in [-0.1, -0.05) is 18.2 Å². The molecule has 0 aromatic heterocycles. The molecule has 0 aliphatic carbocycles. The number of para-hydroxylation sites is 1. The van der Waals surface area contributed by atoms with Crippen molar-refractivity contribution in [3.63, 3.8) is 0 Å². The predicted octanol–water partition coefficient (Wildman–Crippen LogP) is 2.71. The molecule has 2 N–H and O–H groups in total. The van der Waals surface area contributed by atoms with Gasteiger partial charge in [0.25, 0.3) is 0 Å². The largest absolute Gasteiger partial charge is 0.382 e. The number of anilines is 1. The molecular formula is C13H20N2OS. The van der Waals surface area contributed by atoms with Crippen LogP contribution in [0.25, 0.3) is 0 Å². The summed E-state index contributed by atoms with van der Waals surface area (Å²) in [5, 5.41) is 7.00. The van der Waals surface area contributed by atoms with Gasteiger partial charge in [0.15, 0.2) is 5.11 Å². The van der Waals surface area contributed by atoms with Crippen LogP contribution in [0, 0.1) is 6.92 Å². The maximum Gasteiger partial charge on any atom is 0.170 e. The van der Waals surface area contributed by atoms with Gasteiger partial charge in [0.2, 0.25) is 0 Å². The van der Waals surface area contributed by atoms with E-state index >= 15 is 0 Å². The molecule has 1 aromatic rings. The smallest absolute Gasteiger partial charge is 0.170 e. The Hall–Kier alpha value is -1.13. The first kappa shape index (κ1) is 13.9. The molecule has 0 saturated heterocycles. The molecular weight excluding hydrogens is 232 g/mol. The van der Waals surface area contributed by atoms with Crippen molar-refractivity contribution in [2.45, 2.75) is 20.3 Å². The minimum absolute atomic E-state index is 0.663. The van der Waals surface area contributed by atoms with Crippen molar-refractivity contribution in [1.82, 2.24) is 5.32 Å². The minimum Gasteiger partial charge on any atom is -0.382 e. The van der Waals surface area contributed by atoms with Crippen molar-refractivity contribution in [1.29, 1.82) is 0 Å². The standard InChI is InChI=1S/C13H20N2OS/c1-3-16-10-6-9-14-13(17)15-12-8-5-4-7-11(12)2/h4-5,7-8H,3,6,9-10H2,1-2H3,(H2,14,15,17). The van der Waals surface area contributed by atoms with Crippen molar-refractivity contribution >= 4 is 23.0 Å². The van der Waals surface area contributed by atoms with E-state index in [0.29, 0.717) is 5.11 Å². The molecule has 0 amide bonds. The fourth-order valence-corrected chi connectivity index (χ4v) is 1.61. The topological polar surface area (TPSA) is 33.3 Å². The molecule has 17 heavy (non-hydrogen) atoms. The Morgan fingerprint density at radius 3 is 2.82 bits per heavy atom. The van der Waals surface area contributed by atoms with Gasteiger partial charge >= 0.3 is 0 Å². The Kier molecular flexibility index (Phi) is 6.58. The second kappa shape index (κ2) is 8.03. The number of ether oxygens (including phenoxy) is 1. The van der Waals surface area contributed by atoms with Gasteiger partial charge in [-0.2, -0.15) is 0 Å². The highest BCUT2D eigenvalue weighted by molar-refractivity contribution is 7.80. The van der Waals surface area contributed by atoms with E-state index in [1.165, 1.54) is 5.56 Å². The summed E-state index contributed by atoms with van der Waals surface area (Å²) in [5.74, 6) is 0. The van der Waals surface area contributed by atoms with Crippen LogP contribution in [0.1, 0.15) is 18.9 Å². The third kappa shape index (κ3) is 5.65. The monoisotopic (exact) mass is 252 g/mol.